The molecule has 0 amide bonds. The first-order chi connectivity index (χ1) is 25.8. The summed E-state index contributed by atoms with van der Waals surface area (Å²) in [6.07, 6.45) is 27.6. The minimum atomic E-state index is 0.808. The molecule has 0 N–H and O–H groups in total. The second-order valence-electron chi connectivity index (χ2n) is 15.3. The Morgan fingerprint density at radius 2 is 0.981 bits per heavy atom. The van der Waals surface area contributed by atoms with Crippen LogP contribution in [0.15, 0.2) is 35.9 Å². The third kappa shape index (κ3) is 16.7. The Morgan fingerprint density at radius 3 is 1.47 bits per heavy atom. The van der Waals surface area contributed by atoms with E-state index in [1.54, 1.807) is 5.56 Å². The van der Waals surface area contributed by atoms with Gasteiger partial charge in [-0.2, -0.15) is 0 Å². The van der Waals surface area contributed by atoms with E-state index in [0.29, 0.717) is 0 Å². The molecule has 302 valence electrons. The zero-order chi connectivity index (χ0) is 38.8. The van der Waals surface area contributed by atoms with Crippen LogP contribution in [-0.2, 0) is 42.1 Å². The Morgan fingerprint density at radius 1 is 0.528 bits per heavy atom. The van der Waals surface area contributed by atoms with Gasteiger partial charge in [0.15, 0.2) is 0 Å². The summed E-state index contributed by atoms with van der Waals surface area (Å²) in [6.45, 7) is 21.7. The predicted octanol–water partition coefficient (Wildman–Crippen LogP) is 15.1. The topological polar surface area (TPSA) is 43.8 Å². The molecule has 0 aliphatic carbocycles. The Labute approximate surface area is 333 Å². The number of unbranched alkanes of at least 4 members (excludes halogenated alkanes) is 11. The summed E-state index contributed by atoms with van der Waals surface area (Å²) in [5, 5.41) is 0. The standard InChI is InChI=1S/C40H60N2.2C4H9O.Ni/c1-8-12-16-20-23-35-29-39(42(41)40(35)37-25-30(5)32(7)31(6)26-37)36-27-33(21-17-13-9-2)38(24-19-15-11-4)34(28-36)22-18-14-10-3;2*1-2-3-4-5;/h25-29H,8-24H2,1-7H3;2*2-4H2,1H3;/q;2*-1;+2. The molecular formula is C48H78N2NiO2. The Kier molecular flexibility index (Phi) is 25.2. The Balaban J connectivity index is 0.000000763. The molecular weight excluding hydrogens is 695 g/mol. The monoisotopic (exact) mass is 773 g/mol. The number of hydrogen-bond acceptors (Lipinski definition) is 2. The summed E-state index contributed by atoms with van der Waals surface area (Å²) in [5.74, 6) is 0. The molecule has 0 fully saturated rings. The average molecular weight is 774 g/mol. The van der Waals surface area contributed by atoms with E-state index in [0.717, 1.165) is 83.8 Å². The molecule has 2 aromatic carbocycles. The summed E-state index contributed by atoms with van der Waals surface area (Å²) < 4.78 is 11.8. The molecule has 0 radical (unpaired) electrons. The van der Waals surface area contributed by atoms with Crippen molar-refractivity contribution in [3.8, 4) is 0 Å². The molecule has 0 bridgehead atoms. The van der Waals surface area contributed by atoms with Gasteiger partial charge in [0.2, 0.25) is 11.4 Å². The van der Waals surface area contributed by atoms with E-state index in [1.807, 2.05) is 0 Å². The Bertz CT molecular complexity index is 1350. The van der Waals surface area contributed by atoms with Crippen molar-refractivity contribution in [3.63, 3.8) is 0 Å². The van der Waals surface area contributed by atoms with Crippen LogP contribution in [-0.4, -0.2) is 17.9 Å². The summed E-state index contributed by atoms with van der Waals surface area (Å²) in [6, 6.07) is 9.43. The second-order valence-corrected chi connectivity index (χ2v) is 16.0. The third-order valence-corrected chi connectivity index (χ3v) is 11.3. The van der Waals surface area contributed by atoms with Gasteiger partial charge in [-0.1, -0.05) is 85.5 Å². The van der Waals surface area contributed by atoms with E-state index in [2.05, 4.69) is 92.7 Å². The summed E-state index contributed by atoms with van der Waals surface area (Å²) >= 11 is 0.968. The molecule has 0 saturated carbocycles. The van der Waals surface area contributed by atoms with Crippen molar-refractivity contribution in [2.24, 2.45) is 0 Å². The molecule has 0 atom stereocenters. The molecule has 2 aromatic rings. The summed E-state index contributed by atoms with van der Waals surface area (Å²) in [7, 11) is 0. The van der Waals surface area contributed by atoms with Gasteiger partial charge in [0.25, 0.3) is 0 Å². The van der Waals surface area contributed by atoms with Crippen LogP contribution in [0.3, 0.4) is 0 Å². The SMILES string of the molecule is CCCCCCC1=C(c2cc(C)c(C)c(C)c2)[N+](=[N-])C(c2cc(CCCCC)c(CCCCC)c(CCCCC)c2)=C1.CCCC[O][Ni][O]CCCC. The number of nitrogens with zero attached hydrogens (tertiary/aromatic N) is 2. The van der Waals surface area contributed by atoms with E-state index in [1.165, 1.54) is 140 Å². The normalized spacial score (nSPS) is 12.8. The summed E-state index contributed by atoms with van der Waals surface area (Å²) in [5.41, 5.74) is 26.1. The van der Waals surface area contributed by atoms with Crippen molar-refractivity contribution in [1.82, 2.24) is 0 Å². The van der Waals surface area contributed by atoms with Gasteiger partial charge in [-0.3, -0.25) is 0 Å². The van der Waals surface area contributed by atoms with Gasteiger partial charge in [0, 0.05) is 22.8 Å². The van der Waals surface area contributed by atoms with Crippen LogP contribution in [0.4, 0.5) is 0 Å². The molecule has 1 aliphatic heterocycles. The fourth-order valence-electron chi connectivity index (χ4n) is 7.02. The number of hydrogen-bond donors (Lipinski definition) is 0. The number of allylic oxidation sites excluding steroid dienone is 2. The van der Waals surface area contributed by atoms with Crippen molar-refractivity contribution in [1.29, 1.82) is 0 Å². The van der Waals surface area contributed by atoms with Crippen LogP contribution in [0.1, 0.15) is 202 Å². The fraction of sp³-hybridized carbons (Fsp3) is 0.667. The van der Waals surface area contributed by atoms with Crippen LogP contribution >= 0.6 is 0 Å². The van der Waals surface area contributed by atoms with Crippen molar-refractivity contribution < 1.29 is 27.5 Å². The minimum absolute atomic E-state index is 0.808. The van der Waals surface area contributed by atoms with Gasteiger partial charge in [0.1, 0.15) is 0 Å². The molecule has 0 spiro atoms. The van der Waals surface area contributed by atoms with Gasteiger partial charge < -0.3 is 5.53 Å². The van der Waals surface area contributed by atoms with E-state index in [-0.39, 0.29) is 0 Å². The van der Waals surface area contributed by atoms with Crippen LogP contribution in [0, 0.1) is 20.8 Å². The average Bonchev–Trinajstić information content (AvgIpc) is 3.48. The Hall–Kier alpha value is -2.07. The predicted molar refractivity (Wildman–Crippen MR) is 226 cm³/mol. The van der Waals surface area contributed by atoms with Crippen molar-refractivity contribution in [2.75, 3.05) is 13.2 Å². The number of aryl methyl sites for hydroxylation is 4. The maximum atomic E-state index is 11.9. The van der Waals surface area contributed by atoms with Gasteiger partial charge in [-0.05, 0) is 130 Å². The van der Waals surface area contributed by atoms with E-state index < -0.39 is 0 Å². The zero-order valence-corrected chi connectivity index (χ0v) is 36.7. The van der Waals surface area contributed by atoms with Crippen molar-refractivity contribution >= 4 is 11.4 Å². The van der Waals surface area contributed by atoms with Crippen molar-refractivity contribution in [2.45, 2.75) is 197 Å². The molecule has 1 aliphatic rings. The van der Waals surface area contributed by atoms with Gasteiger partial charge >= 0.3 is 75.6 Å². The van der Waals surface area contributed by atoms with Crippen LogP contribution < -0.4 is 0 Å². The van der Waals surface area contributed by atoms with E-state index >= 15 is 0 Å². The quantitative estimate of drug-likeness (QED) is 0.0515. The fourth-order valence-corrected chi connectivity index (χ4v) is 7.56. The van der Waals surface area contributed by atoms with E-state index in [9.17, 15) is 5.53 Å². The van der Waals surface area contributed by atoms with Crippen LogP contribution in [0.25, 0.3) is 16.9 Å². The van der Waals surface area contributed by atoms with Gasteiger partial charge in [-0.15, -0.1) is 0 Å². The van der Waals surface area contributed by atoms with E-state index in [4.69, 9.17) is 7.76 Å². The molecule has 0 unspecified atom stereocenters. The molecule has 0 saturated heterocycles. The zero-order valence-electron chi connectivity index (χ0n) is 35.7. The first-order valence-electron chi connectivity index (χ1n) is 21.8. The van der Waals surface area contributed by atoms with Gasteiger partial charge in [0.05, 0.1) is 0 Å². The molecule has 5 heteroatoms. The molecule has 0 aromatic heterocycles. The third-order valence-electron chi connectivity index (χ3n) is 10.6. The second kappa shape index (κ2) is 28.4. The van der Waals surface area contributed by atoms with Crippen LogP contribution in [0.5, 0.6) is 0 Å². The van der Waals surface area contributed by atoms with Crippen molar-refractivity contribution in [3.05, 3.63) is 86.0 Å². The molecule has 1 heterocycles. The first kappa shape index (κ1) is 47.1. The molecule has 53 heavy (non-hydrogen) atoms. The summed E-state index contributed by atoms with van der Waals surface area (Å²) in [4.78, 5) is 0. The molecule has 3 rings (SSSR count). The maximum absolute atomic E-state index is 11.9. The first-order valence-corrected chi connectivity index (χ1v) is 22.6. The number of rotatable bonds is 27. The molecule has 4 nitrogen and oxygen atoms in total. The van der Waals surface area contributed by atoms with Gasteiger partial charge in [-0.25, -0.2) is 4.70 Å². The number of benzene rings is 2. The van der Waals surface area contributed by atoms with Crippen LogP contribution in [0.2, 0.25) is 0 Å².